The minimum atomic E-state index is -0.0867. The van der Waals surface area contributed by atoms with E-state index in [0.717, 1.165) is 11.3 Å². The van der Waals surface area contributed by atoms with E-state index in [1.54, 1.807) is 28.0 Å². The lowest BCUT2D eigenvalue weighted by Gasteiger charge is -2.26. The Kier molecular flexibility index (Phi) is 3.70. The van der Waals surface area contributed by atoms with Gasteiger partial charge in [0.1, 0.15) is 12.3 Å². The molecule has 6 nitrogen and oxygen atoms in total. The predicted molar refractivity (Wildman–Crippen MR) is 88.9 cm³/mol. The van der Waals surface area contributed by atoms with Crippen LogP contribution in [0.25, 0.3) is 0 Å². The van der Waals surface area contributed by atoms with Crippen LogP contribution in [0.15, 0.2) is 60.9 Å². The van der Waals surface area contributed by atoms with Crippen LogP contribution < -0.4 is 9.64 Å². The fourth-order valence-electron chi connectivity index (χ4n) is 2.73. The summed E-state index contributed by atoms with van der Waals surface area (Å²) in [6.07, 6.45) is 3.38. The molecule has 0 bridgehead atoms. The molecule has 0 fully saturated rings. The average molecular weight is 320 g/mol. The monoisotopic (exact) mass is 320 g/mol. The lowest BCUT2D eigenvalue weighted by atomic mass is 10.2. The first kappa shape index (κ1) is 14.4. The molecule has 6 heteroatoms. The highest BCUT2D eigenvalue weighted by Gasteiger charge is 2.28. The highest BCUT2D eigenvalue weighted by atomic mass is 16.5. The molecule has 1 amide bonds. The molecule has 0 atom stereocenters. The molecule has 1 aliphatic rings. The zero-order valence-corrected chi connectivity index (χ0v) is 13.0. The highest BCUT2D eigenvalue weighted by molar-refractivity contribution is 6.05. The second-order valence-corrected chi connectivity index (χ2v) is 5.53. The van der Waals surface area contributed by atoms with Crippen LogP contribution in [0.1, 0.15) is 16.1 Å². The van der Waals surface area contributed by atoms with Gasteiger partial charge in [-0.1, -0.05) is 30.3 Å². The van der Waals surface area contributed by atoms with Crippen molar-refractivity contribution in [1.82, 2.24) is 14.8 Å². The number of benzene rings is 1. The van der Waals surface area contributed by atoms with Crippen molar-refractivity contribution in [2.45, 2.75) is 13.2 Å². The van der Waals surface area contributed by atoms with Crippen LogP contribution in [0.5, 0.6) is 5.88 Å². The van der Waals surface area contributed by atoms with E-state index in [0.29, 0.717) is 31.3 Å². The number of carbonyl (C=O) groups excluding carboxylic acids is 1. The van der Waals surface area contributed by atoms with Crippen molar-refractivity contribution in [1.29, 1.82) is 0 Å². The molecule has 0 saturated heterocycles. The predicted octanol–water partition coefficient (Wildman–Crippen LogP) is 2.52. The molecule has 4 rings (SSSR count). The maximum Gasteiger partial charge on any atom is 0.276 e. The van der Waals surface area contributed by atoms with Crippen molar-refractivity contribution in [2.24, 2.45) is 0 Å². The minimum absolute atomic E-state index is 0.0867. The van der Waals surface area contributed by atoms with Gasteiger partial charge in [-0.3, -0.25) is 14.5 Å². The van der Waals surface area contributed by atoms with Crippen molar-refractivity contribution in [3.63, 3.8) is 0 Å². The molecule has 0 saturated carbocycles. The molecule has 0 aliphatic carbocycles. The summed E-state index contributed by atoms with van der Waals surface area (Å²) in [5.74, 6) is 0.381. The number of amides is 1. The molecule has 0 N–H and O–H groups in total. The van der Waals surface area contributed by atoms with E-state index in [1.807, 2.05) is 42.5 Å². The molecule has 0 unspecified atom stereocenters. The molecule has 3 aromatic rings. The van der Waals surface area contributed by atoms with Gasteiger partial charge in [-0.05, 0) is 17.7 Å². The molecule has 2 aromatic heterocycles. The van der Waals surface area contributed by atoms with Gasteiger partial charge in [0.2, 0.25) is 5.88 Å². The fraction of sp³-hybridized carbons (Fsp3) is 0.167. The van der Waals surface area contributed by atoms with Gasteiger partial charge in [0.05, 0.1) is 18.4 Å². The van der Waals surface area contributed by atoms with E-state index in [2.05, 4.69) is 10.1 Å². The number of pyridine rings is 1. The average Bonchev–Trinajstić information content (AvgIpc) is 3.06. The molecule has 120 valence electrons. The Morgan fingerprint density at radius 3 is 2.75 bits per heavy atom. The van der Waals surface area contributed by atoms with Gasteiger partial charge in [0.15, 0.2) is 0 Å². The number of rotatable bonds is 4. The summed E-state index contributed by atoms with van der Waals surface area (Å²) in [5, 5.41) is 4.38. The van der Waals surface area contributed by atoms with Gasteiger partial charge < -0.3 is 9.64 Å². The van der Waals surface area contributed by atoms with E-state index < -0.39 is 0 Å². The van der Waals surface area contributed by atoms with Crippen LogP contribution in [0.3, 0.4) is 0 Å². The van der Waals surface area contributed by atoms with Gasteiger partial charge in [-0.2, -0.15) is 0 Å². The van der Waals surface area contributed by atoms with Crippen LogP contribution in [-0.2, 0) is 13.2 Å². The summed E-state index contributed by atoms with van der Waals surface area (Å²) < 4.78 is 7.42. The first-order valence-corrected chi connectivity index (χ1v) is 7.78. The third-order valence-corrected chi connectivity index (χ3v) is 3.94. The SMILES string of the molecule is O=C1c2cc(OCc3ccccc3)nn2CCN1c1cccnc1. The van der Waals surface area contributed by atoms with E-state index in [1.165, 1.54) is 0 Å². The van der Waals surface area contributed by atoms with Gasteiger partial charge in [-0.15, -0.1) is 5.10 Å². The third-order valence-electron chi connectivity index (χ3n) is 3.94. The number of ether oxygens (including phenoxy) is 1. The molecule has 3 heterocycles. The summed E-state index contributed by atoms with van der Waals surface area (Å²) in [6.45, 7) is 1.62. The van der Waals surface area contributed by atoms with Crippen LogP contribution in [0, 0.1) is 0 Å². The van der Waals surface area contributed by atoms with E-state index in [4.69, 9.17) is 4.74 Å². The second kappa shape index (κ2) is 6.16. The number of fused-ring (bicyclic) bond motifs is 1. The Balaban J connectivity index is 1.52. The zero-order chi connectivity index (χ0) is 16.4. The second-order valence-electron chi connectivity index (χ2n) is 5.53. The Bertz CT molecular complexity index is 846. The number of anilines is 1. The summed E-state index contributed by atoms with van der Waals surface area (Å²) in [4.78, 5) is 18.5. The molecule has 1 aromatic carbocycles. The topological polar surface area (TPSA) is 60.2 Å². The smallest absolute Gasteiger partial charge is 0.276 e. The van der Waals surface area contributed by atoms with Gasteiger partial charge in [0, 0.05) is 18.8 Å². The molecular weight excluding hydrogens is 304 g/mol. The summed E-state index contributed by atoms with van der Waals surface area (Å²) in [6, 6.07) is 15.3. The fourth-order valence-corrected chi connectivity index (χ4v) is 2.73. The zero-order valence-electron chi connectivity index (χ0n) is 13.0. The number of nitrogens with zero attached hydrogens (tertiary/aromatic N) is 4. The highest BCUT2D eigenvalue weighted by Crippen LogP contribution is 2.23. The maximum atomic E-state index is 12.7. The van der Waals surface area contributed by atoms with E-state index >= 15 is 0 Å². The lowest BCUT2D eigenvalue weighted by molar-refractivity contribution is 0.0962. The number of aromatic nitrogens is 3. The Hall–Kier alpha value is -3.15. The molecule has 24 heavy (non-hydrogen) atoms. The Morgan fingerprint density at radius 1 is 1.08 bits per heavy atom. The maximum absolute atomic E-state index is 12.7. The minimum Gasteiger partial charge on any atom is -0.472 e. The van der Waals surface area contributed by atoms with Crippen LogP contribution in [0.2, 0.25) is 0 Å². The first-order chi connectivity index (χ1) is 11.8. The standard InChI is InChI=1S/C18H16N4O2/c23-18-16-11-17(24-13-14-5-2-1-3-6-14)20-22(16)10-9-21(18)15-7-4-8-19-12-15/h1-8,11-12H,9-10,13H2. The van der Waals surface area contributed by atoms with Crippen molar-refractivity contribution < 1.29 is 9.53 Å². The Morgan fingerprint density at radius 2 is 1.96 bits per heavy atom. The van der Waals surface area contributed by atoms with Gasteiger partial charge >= 0.3 is 0 Å². The van der Waals surface area contributed by atoms with Crippen LogP contribution in [0.4, 0.5) is 5.69 Å². The molecule has 0 radical (unpaired) electrons. The van der Waals surface area contributed by atoms with E-state index in [9.17, 15) is 4.79 Å². The summed E-state index contributed by atoms with van der Waals surface area (Å²) in [7, 11) is 0. The van der Waals surface area contributed by atoms with Crippen molar-refractivity contribution in [2.75, 3.05) is 11.4 Å². The number of carbonyl (C=O) groups is 1. The Labute approximate surface area is 139 Å². The molecular formula is C18H16N4O2. The summed E-state index contributed by atoms with van der Waals surface area (Å²) in [5.41, 5.74) is 2.39. The normalized spacial score (nSPS) is 13.7. The summed E-state index contributed by atoms with van der Waals surface area (Å²) >= 11 is 0. The number of hydrogen-bond donors (Lipinski definition) is 0. The van der Waals surface area contributed by atoms with Crippen LogP contribution >= 0.6 is 0 Å². The van der Waals surface area contributed by atoms with Gasteiger partial charge in [0.25, 0.3) is 5.91 Å². The quantitative estimate of drug-likeness (QED) is 0.741. The lowest BCUT2D eigenvalue weighted by Crippen LogP contribution is -2.40. The first-order valence-electron chi connectivity index (χ1n) is 7.78. The number of hydrogen-bond acceptors (Lipinski definition) is 4. The molecule has 0 spiro atoms. The van der Waals surface area contributed by atoms with Crippen molar-refractivity contribution in [3.8, 4) is 5.88 Å². The van der Waals surface area contributed by atoms with Crippen molar-refractivity contribution >= 4 is 11.6 Å². The largest absolute Gasteiger partial charge is 0.472 e. The van der Waals surface area contributed by atoms with Crippen LogP contribution in [-0.4, -0.2) is 27.2 Å². The third kappa shape index (κ3) is 2.74. The van der Waals surface area contributed by atoms with E-state index in [-0.39, 0.29) is 5.91 Å². The van der Waals surface area contributed by atoms with Crippen molar-refractivity contribution in [3.05, 3.63) is 72.2 Å². The van der Waals surface area contributed by atoms with Gasteiger partial charge in [-0.25, -0.2) is 0 Å². The molecule has 1 aliphatic heterocycles.